The minimum atomic E-state index is -0.702. The molecule has 0 bridgehead atoms. The number of amides is 1. The van der Waals surface area contributed by atoms with E-state index >= 15 is 0 Å². The topological polar surface area (TPSA) is 96.8 Å². The SMILES string of the molecule is CCOC(=O)c1ccc(CN2C(=O)C(O)=C(C(=O)CC(C)C)C2c2ccncc2)cc1. The maximum absolute atomic E-state index is 12.9. The van der Waals surface area contributed by atoms with Crippen LogP contribution in [0.4, 0.5) is 0 Å². The van der Waals surface area contributed by atoms with Gasteiger partial charge in [-0.15, -0.1) is 0 Å². The Balaban J connectivity index is 1.93. The highest BCUT2D eigenvalue weighted by atomic mass is 16.5. The minimum absolute atomic E-state index is 0.0884. The van der Waals surface area contributed by atoms with E-state index in [-0.39, 0.29) is 36.8 Å². The largest absolute Gasteiger partial charge is 0.503 e. The smallest absolute Gasteiger partial charge is 0.338 e. The number of aliphatic hydroxyl groups excluding tert-OH is 1. The number of ketones is 1. The predicted octanol–water partition coefficient (Wildman–Crippen LogP) is 3.77. The number of aliphatic hydroxyl groups is 1. The lowest BCUT2D eigenvalue weighted by molar-refractivity contribution is -0.130. The maximum atomic E-state index is 12.9. The van der Waals surface area contributed by atoms with Crippen molar-refractivity contribution in [3.8, 4) is 0 Å². The molecule has 1 amide bonds. The van der Waals surface area contributed by atoms with E-state index in [2.05, 4.69) is 4.98 Å². The molecule has 7 nitrogen and oxygen atoms in total. The number of benzene rings is 1. The fourth-order valence-electron chi connectivity index (χ4n) is 3.63. The van der Waals surface area contributed by atoms with E-state index in [1.54, 1.807) is 55.7 Å². The number of ether oxygens (including phenoxy) is 1. The number of carbonyl (C=O) groups excluding carboxylic acids is 3. The van der Waals surface area contributed by atoms with Gasteiger partial charge in [0.05, 0.1) is 23.8 Å². The van der Waals surface area contributed by atoms with Gasteiger partial charge in [0.1, 0.15) is 0 Å². The van der Waals surface area contributed by atoms with Crippen LogP contribution in [-0.2, 0) is 20.9 Å². The van der Waals surface area contributed by atoms with Crippen LogP contribution in [0.2, 0.25) is 0 Å². The number of pyridine rings is 1. The minimum Gasteiger partial charge on any atom is -0.503 e. The Morgan fingerprint density at radius 1 is 1.13 bits per heavy atom. The van der Waals surface area contributed by atoms with E-state index in [1.807, 2.05) is 13.8 Å². The summed E-state index contributed by atoms with van der Waals surface area (Å²) >= 11 is 0. The predicted molar refractivity (Wildman–Crippen MR) is 114 cm³/mol. The third-order valence-corrected chi connectivity index (χ3v) is 5.04. The lowest BCUT2D eigenvalue weighted by Crippen LogP contribution is -2.30. The maximum Gasteiger partial charge on any atom is 0.338 e. The first kappa shape index (κ1) is 22.2. The van der Waals surface area contributed by atoms with Crippen LogP contribution in [0.5, 0.6) is 0 Å². The van der Waals surface area contributed by atoms with Crippen LogP contribution < -0.4 is 0 Å². The molecule has 1 N–H and O–H groups in total. The molecule has 31 heavy (non-hydrogen) atoms. The van der Waals surface area contributed by atoms with Crippen LogP contribution >= 0.6 is 0 Å². The summed E-state index contributed by atoms with van der Waals surface area (Å²) in [6.07, 6.45) is 3.41. The molecular weight excluding hydrogens is 396 g/mol. The van der Waals surface area contributed by atoms with E-state index in [0.29, 0.717) is 11.1 Å². The first-order valence-electron chi connectivity index (χ1n) is 10.3. The van der Waals surface area contributed by atoms with Gasteiger partial charge in [-0.05, 0) is 48.2 Å². The van der Waals surface area contributed by atoms with Crippen LogP contribution in [0.15, 0.2) is 60.1 Å². The molecule has 1 unspecified atom stereocenters. The fourth-order valence-corrected chi connectivity index (χ4v) is 3.63. The molecule has 1 aromatic heterocycles. The van der Waals surface area contributed by atoms with Crippen LogP contribution in [0.25, 0.3) is 0 Å². The van der Waals surface area contributed by atoms with Crippen molar-refractivity contribution in [2.24, 2.45) is 5.92 Å². The zero-order chi connectivity index (χ0) is 22.5. The second kappa shape index (κ2) is 9.55. The van der Waals surface area contributed by atoms with E-state index in [0.717, 1.165) is 5.56 Å². The van der Waals surface area contributed by atoms with Crippen molar-refractivity contribution in [3.63, 3.8) is 0 Å². The summed E-state index contributed by atoms with van der Waals surface area (Å²) in [4.78, 5) is 43.2. The summed E-state index contributed by atoms with van der Waals surface area (Å²) in [6.45, 7) is 6.02. The summed E-state index contributed by atoms with van der Waals surface area (Å²) in [5.41, 5.74) is 1.99. The van der Waals surface area contributed by atoms with E-state index in [1.165, 1.54) is 4.90 Å². The van der Waals surface area contributed by atoms with Gasteiger partial charge in [-0.3, -0.25) is 14.6 Å². The second-order valence-electron chi connectivity index (χ2n) is 7.82. The molecule has 0 aliphatic carbocycles. The summed E-state index contributed by atoms with van der Waals surface area (Å²) < 4.78 is 4.99. The zero-order valence-corrected chi connectivity index (χ0v) is 17.9. The molecule has 2 heterocycles. The normalized spacial score (nSPS) is 16.2. The van der Waals surface area contributed by atoms with Gasteiger partial charge in [0.25, 0.3) is 5.91 Å². The monoisotopic (exact) mass is 422 g/mol. The van der Waals surface area contributed by atoms with Crippen LogP contribution in [0.1, 0.15) is 54.7 Å². The van der Waals surface area contributed by atoms with Gasteiger partial charge in [-0.2, -0.15) is 0 Å². The summed E-state index contributed by atoms with van der Waals surface area (Å²) in [7, 11) is 0. The first-order chi connectivity index (χ1) is 14.8. The average molecular weight is 422 g/mol. The van der Waals surface area contributed by atoms with Crippen molar-refractivity contribution in [2.75, 3.05) is 6.61 Å². The van der Waals surface area contributed by atoms with E-state index in [9.17, 15) is 19.5 Å². The fraction of sp³-hybridized carbons (Fsp3) is 0.333. The third kappa shape index (κ3) is 4.82. The van der Waals surface area contributed by atoms with Gasteiger partial charge < -0.3 is 14.7 Å². The number of carbonyl (C=O) groups is 3. The number of rotatable bonds is 8. The number of hydrogen-bond acceptors (Lipinski definition) is 6. The standard InChI is InChI=1S/C24H26N2O5/c1-4-31-24(30)18-7-5-16(6-8-18)14-26-21(17-9-11-25-12-10-17)20(22(28)23(26)29)19(27)13-15(2)3/h5-12,15,21,28H,4,13-14H2,1-3H3. The molecule has 1 aliphatic rings. The lowest BCUT2D eigenvalue weighted by Gasteiger charge is -2.27. The molecule has 1 aliphatic heterocycles. The molecule has 0 spiro atoms. The lowest BCUT2D eigenvalue weighted by atomic mass is 9.92. The van der Waals surface area contributed by atoms with Crippen molar-refractivity contribution in [1.29, 1.82) is 0 Å². The number of esters is 1. The Morgan fingerprint density at radius 3 is 2.35 bits per heavy atom. The highest BCUT2D eigenvalue weighted by molar-refractivity contribution is 6.09. The van der Waals surface area contributed by atoms with Crippen molar-refractivity contribution < 1.29 is 24.2 Å². The highest BCUT2D eigenvalue weighted by Gasteiger charge is 2.43. The Morgan fingerprint density at radius 2 is 1.77 bits per heavy atom. The van der Waals surface area contributed by atoms with Crippen molar-refractivity contribution in [3.05, 3.63) is 76.8 Å². The highest BCUT2D eigenvalue weighted by Crippen LogP contribution is 2.39. The second-order valence-corrected chi connectivity index (χ2v) is 7.82. The Kier molecular flexibility index (Phi) is 6.84. The van der Waals surface area contributed by atoms with Gasteiger partial charge in [0.2, 0.25) is 0 Å². The molecule has 7 heteroatoms. The first-order valence-corrected chi connectivity index (χ1v) is 10.3. The van der Waals surface area contributed by atoms with Crippen molar-refractivity contribution in [1.82, 2.24) is 9.88 Å². The van der Waals surface area contributed by atoms with Gasteiger partial charge in [-0.25, -0.2) is 4.79 Å². The third-order valence-electron chi connectivity index (χ3n) is 5.04. The molecular formula is C24H26N2O5. The molecule has 3 rings (SSSR count). The van der Waals surface area contributed by atoms with Crippen LogP contribution in [0.3, 0.4) is 0 Å². The summed E-state index contributed by atoms with van der Waals surface area (Å²) in [6, 6.07) is 9.49. The number of Topliss-reactive ketones (excluding diaryl/α,β-unsaturated/α-hetero) is 1. The summed E-state index contributed by atoms with van der Waals surface area (Å²) in [5.74, 6) is -1.67. The average Bonchev–Trinajstić information content (AvgIpc) is 2.99. The molecule has 0 radical (unpaired) electrons. The van der Waals surface area contributed by atoms with E-state index < -0.39 is 23.7 Å². The van der Waals surface area contributed by atoms with Crippen LogP contribution in [0, 0.1) is 5.92 Å². The molecule has 1 atom stereocenters. The van der Waals surface area contributed by atoms with Gasteiger partial charge in [0.15, 0.2) is 11.5 Å². The number of nitrogens with zero attached hydrogens (tertiary/aromatic N) is 2. The van der Waals surface area contributed by atoms with Gasteiger partial charge in [-0.1, -0.05) is 26.0 Å². The number of hydrogen-bond donors (Lipinski definition) is 1. The molecule has 1 aromatic carbocycles. The Labute approximate surface area is 181 Å². The molecule has 0 saturated carbocycles. The number of aromatic nitrogens is 1. The molecule has 162 valence electrons. The molecule has 0 saturated heterocycles. The summed E-state index contributed by atoms with van der Waals surface area (Å²) in [5, 5.41) is 10.6. The van der Waals surface area contributed by atoms with Crippen molar-refractivity contribution >= 4 is 17.7 Å². The Bertz CT molecular complexity index is 996. The van der Waals surface area contributed by atoms with E-state index in [4.69, 9.17) is 4.74 Å². The van der Waals surface area contributed by atoms with Crippen molar-refractivity contribution in [2.45, 2.75) is 39.8 Å². The van der Waals surface area contributed by atoms with Crippen LogP contribution in [-0.4, -0.2) is 39.3 Å². The zero-order valence-electron chi connectivity index (χ0n) is 17.9. The molecule has 2 aromatic rings. The van der Waals surface area contributed by atoms with Gasteiger partial charge >= 0.3 is 5.97 Å². The Hall–Kier alpha value is -3.48. The quantitative estimate of drug-likeness (QED) is 0.651. The molecule has 0 fully saturated rings. The van der Waals surface area contributed by atoms with Gasteiger partial charge in [0, 0.05) is 25.4 Å².